The van der Waals surface area contributed by atoms with Gasteiger partial charge in [0.25, 0.3) is 5.91 Å². The lowest BCUT2D eigenvalue weighted by Crippen LogP contribution is -2.30. The van der Waals surface area contributed by atoms with Crippen LogP contribution in [0.15, 0.2) is 46.2 Å². The molecule has 4 nitrogen and oxygen atoms in total. The molecule has 0 spiro atoms. The SMILES string of the molecule is COCc1c(C(=O)N2CCC[C@H]2c2cccs2)oc2ccccc12. The van der Waals surface area contributed by atoms with Crippen LogP contribution in [-0.2, 0) is 11.3 Å². The fraction of sp³-hybridized carbons (Fsp3) is 0.316. The van der Waals surface area contributed by atoms with Gasteiger partial charge in [-0.05, 0) is 30.4 Å². The van der Waals surface area contributed by atoms with Crippen LogP contribution >= 0.6 is 11.3 Å². The molecule has 1 aliphatic rings. The van der Waals surface area contributed by atoms with Crippen LogP contribution in [0.5, 0.6) is 0 Å². The molecular weight excluding hydrogens is 322 g/mol. The highest BCUT2D eigenvalue weighted by atomic mass is 32.1. The molecule has 0 unspecified atom stereocenters. The maximum atomic E-state index is 13.2. The first-order valence-corrected chi connectivity index (χ1v) is 9.01. The molecule has 0 radical (unpaired) electrons. The molecule has 0 saturated carbocycles. The number of likely N-dealkylation sites (tertiary alicyclic amines) is 1. The van der Waals surface area contributed by atoms with E-state index in [1.165, 1.54) is 4.88 Å². The molecule has 124 valence electrons. The molecule has 5 heteroatoms. The molecule has 1 fully saturated rings. The molecule has 0 bridgehead atoms. The number of ether oxygens (including phenoxy) is 1. The summed E-state index contributed by atoms with van der Waals surface area (Å²) < 4.78 is 11.2. The van der Waals surface area contributed by atoms with Crippen molar-refractivity contribution < 1.29 is 13.9 Å². The van der Waals surface area contributed by atoms with Gasteiger partial charge < -0.3 is 14.1 Å². The highest BCUT2D eigenvalue weighted by Gasteiger charge is 2.34. The number of hydrogen-bond acceptors (Lipinski definition) is 4. The van der Waals surface area contributed by atoms with Gasteiger partial charge in [0, 0.05) is 29.5 Å². The van der Waals surface area contributed by atoms with Gasteiger partial charge in [-0.1, -0.05) is 24.3 Å². The Morgan fingerprint density at radius 3 is 3.00 bits per heavy atom. The Kier molecular flexibility index (Phi) is 4.12. The predicted octanol–water partition coefficient (Wildman–Crippen LogP) is 4.62. The van der Waals surface area contributed by atoms with Crippen molar-refractivity contribution in [1.82, 2.24) is 4.90 Å². The van der Waals surface area contributed by atoms with E-state index in [2.05, 4.69) is 11.4 Å². The molecule has 1 amide bonds. The third kappa shape index (κ3) is 2.54. The number of nitrogens with zero attached hydrogens (tertiary/aromatic N) is 1. The summed E-state index contributed by atoms with van der Waals surface area (Å²) in [5.74, 6) is 0.385. The summed E-state index contributed by atoms with van der Waals surface area (Å²) in [5, 5.41) is 3.02. The quantitative estimate of drug-likeness (QED) is 0.695. The van der Waals surface area contributed by atoms with Crippen LogP contribution < -0.4 is 0 Å². The van der Waals surface area contributed by atoms with Crippen LogP contribution in [0.4, 0.5) is 0 Å². The van der Waals surface area contributed by atoms with Crippen molar-refractivity contribution in [3.8, 4) is 0 Å². The van der Waals surface area contributed by atoms with Gasteiger partial charge in [-0.3, -0.25) is 4.79 Å². The highest BCUT2D eigenvalue weighted by molar-refractivity contribution is 7.10. The molecule has 1 saturated heterocycles. The average molecular weight is 341 g/mol. The van der Waals surface area contributed by atoms with Crippen molar-refractivity contribution in [2.45, 2.75) is 25.5 Å². The molecule has 4 rings (SSSR count). The van der Waals surface area contributed by atoms with Crippen molar-refractivity contribution >= 4 is 28.2 Å². The van der Waals surface area contributed by atoms with E-state index in [1.54, 1.807) is 18.4 Å². The third-order valence-electron chi connectivity index (χ3n) is 4.57. The second-order valence-electron chi connectivity index (χ2n) is 6.01. The fourth-order valence-corrected chi connectivity index (χ4v) is 4.35. The molecular formula is C19H19NO3S. The normalized spacial score (nSPS) is 17.7. The molecule has 3 heterocycles. The van der Waals surface area contributed by atoms with E-state index in [1.807, 2.05) is 35.2 Å². The van der Waals surface area contributed by atoms with Gasteiger partial charge in [0.05, 0.1) is 12.6 Å². The summed E-state index contributed by atoms with van der Waals surface area (Å²) in [6.45, 7) is 1.14. The Morgan fingerprint density at radius 2 is 2.21 bits per heavy atom. The van der Waals surface area contributed by atoms with Gasteiger partial charge in [0.2, 0.25) is 0 Å². The average Bonchev–Trinajstić information content (AvgIpc) is 3.34. The maximum absolute atomic E-state index is 13.2. The summed E-state index contributed by atoms with van der Waals surface area (Å²) in [5.41, 5.74) is 1.58. The van der Waals surface area contributed by atoms with Gasteiger partial charge >= 0.3 is 0 Å². The number of benzene rings is 1. The van der Waals surface area contributed by atoms with Crippen LogP contribution in [0, 0.1) is 0 Å². The number of para-hydroxylation sites is 1. The zero-order valence-corrected chi connectivity index (χ0v) is 14.3. The second-order valence-corrected chi connectivity index (χ2v) is 6.99. The molecule has 0 aliphatic carbocycles. The lowest BCUT2D eigenvalue weighted by Gasteiger charge is -2.23. The van der Waals surface area contributed by atoms with Gasteiger partial charge in [-0.25, -0.2) is 0 Å². The second kappa shape index (κ2) is 6.42. The first kappa shape index (κ1) is 15.4. The number of furan rings is 1. The number of methoxy groups -OCH3 is 1. The Morgan fingerprint density at radius 1 is 1.33 bits per heavy atom. The summed E-state index contributed by atoms with van der Waals surface area (Å²) in [7, 11) is 1.64. The zero-order chi connectivity index (χ0) is 16.5. The molecule has 24 heavy (non-hydrogen) atoms. The van der Waals surface area contributed by atoms with E-state index in [0.717, 1.165) is 35.9 Å². The van der Waals surface area contributed by atoms with Crippen molar-refractivity contribution in [3.63, 3.8) is 0 Å². The van der Waals surface area contributed by atoms with Crippen molar-refractivity contribution in [2.75, 3.05) is 13.7 Å². The largest absolute Gasteiger partial charge is 0.451 e. The molecule has 2 aromatic heterocycles. The minimum absolute atomic E-state index is 0.0332. The molecule has 1 aliphatic heterocycles. The molecule has 0 N–H and O–H groups in total. The van der Waals surface area contributed by atoms with Crippen LogP contribution in [0.2, 0.25) is 0 Å². The third-order valence-corrected chi connectivity index (χ3v) is 5.54. The van der Waals surface area contributed by atoms with Crippen LogP contribution in [0.1, 0.15) is 39.9 Å². The van der Waals surface area contributed by atoms with Gasteiger partial charge in [-0.2, -0.15) is 0 Å². The Bertz CT molecular complexity index is 853. The number of amides is 1. The topological polar surface area (TPSA) is 42.7 Å². The lowest BCUT2D eigenvalue weighted by molar-refractivity contribution is 0.0701. The van der Waals surface area contributed by atoms with Crippen molar-refractivity contribution in [1.29, 1.82) is 0 Å². The Hall–Kier alpha value is -2.11. The summed E-state index contributed by atoms with van der Waals surface area (Å²) >= 11 is 1.71. The predicted molar refractivity (Wildman–Crippen MR) is 94.3 cm³/mol. The number of carbonyl (C=O) groups excluding carboxylic acids is 1. The van der Waals surface area contributed by atoms with Crippen LogP contribution in [-0.4, -0.2) is 24.5 Å². The van der Waals surface area contributed by atoms with E-state index in [0.29, 0.717) is 12.4 Å². The van der Waals surface area contributed by atoms with Crippen molar-refractivity contribution in [2.24, 2.45) is 0 Å². The summed E-state index contributed by atoms with van der Waals surface area (Å²) in [6, 6.07) is 12.0. The molecule has 3 aromatic rings. The smallest absolute Gasteiger partial charge is 0.290 e. The molecule has 1 aromatic carbocycles. The van der Waals surface area contributed by atoms with E-state index in [-0.39, 0.29) is 11.9 Å². The molecule has 1 atom stereocenters. The summed E-state index contributed by atoms with van der Waals surface area (Å²) in [6.07, 6.45) is 2.03. The first-order chi connectivity index (χ1) is 11.8. The van der Waals surface area contributed by atoms with E-state index in [4.69, 9.17) is 9.15 Å². The monoisotopic (exact) mass is 341 g/mol. The number of thiophene rings is 1. The summed E-state index contributed by atoms with van der Waals surface area (Å²) in [4.78, 5) is 16.4. The van der Waals surface area contributed by atoms with Crippen molar-refractivity contribution in [3.05, 3.63) is 58.0 Å². The maximum Gasteiger partial charge on any atom is 0.290 e. The van der Waals surface area contributed by atoms with Gasteiger partial charge in [0.15, 0.2) is 5.76 Å². The highest BCUT2D eigenvalue weighted by Crippen LogP contribution is 2.37. The Balaban J connectivity index is 1.74. The van der Waals surface area contributed by atoms with Crippen LogP contribution in [0.3, 0.4) is 0 Å². The van der Waals surface area contributed by atoms with Crippen LogP contribution in [0.25, 0.3) is 11.0 Å². The zero-order valence-electron chi connectivity index (χ0n) is 13.5. The van der Waals surface area contributed by atoms with E-state index in [9.17, 15) is 4.79 Å². The fourth-order valence-electron chi connectivity index (χ4n) is 3.48. The number of carbonyl (C=O) groups is 1. The minimum Gasteiger partial charge on any atom is -0.451 e. The van der Waals surface area contributed by atoms with E-state index >= 15 is 0 Å². The Labute approximate surface area is 144 Å². The van der Waals surface area contributed by atoms with E-state index < -0.39 is 0 Å². The first-order valence-electron chi connectivity index (χ1n) is 8.13. The number of fused-ring (bicyclic) bond motifs is 1. The minimum atomic E-state index is -0.0332. The van der Waals surface area contributed by atoms with Gasteiger partial charge in [0.1, 0.15) is 5.58 Å². The lowest BCUT2D eigenvalue weighted by atomic mass is 10.1. The number of hydrogen-bond donors (Lipinski definition) is 0. The standard InChI is InChI=1S/C19H19NO3S/c1-22-12-14-13-6-2-3-8-16(13)23-18(14)19(21)20-10-4-7-15(20)17-9-5-11-24-17/h2-3,5-6,8-9,11,15H,4,7,10,12H2,1H3/t15-/m0/s1. The van der Waals surface area contributed by atoms with Gasteiger partial charge in [-0.15, -0.1) is 11.3 Å². The number of rotatable bonds is 4.